The van der Waals surface area contributed by atoms with Crippen LogP contribution in [-0.4, -0.2) is 32.8 Å². The predicted molar refractivity (Wildman–Crippen MR) is 137 cm³/mol. The van der Waals surface area contributed by atoms with E-state index in [0.717, 1.165) is 52.0 Å². The molecule has 2 aromatic heterocycles. The molecule has 0 spiro atoms. The number of esters is 1. The minimum absolute atomic E-state index is 0.173. The van der Waals surface area contributed by atoms with Crippen LogP contribution in [0.5, 0.6) is 0 Å². The summed E-state index contributed by atoms with van der Waals surface area (Å²) in [6.07, 6.45) is 1.78. The first-order valence-electron chi connectivity index (χ1n) is 11.4. The highest BCUT2D eigenvalue weighted by atomic mass is 32.1. The lowest BCUT2D eigenvalue weighted by Gasteiger charge is -2.12. The minimum Gasteiger partial charge on any atom is -0.465 e. The van der Waals surface area contributed by atoms with Gasteiger partial charge < -0.3 is 13.8 Å². The van der Waals surface area contributed by atoms with E-state index in [0.29, 0.717) is 17.9 Å². The lowest BCUT2D eigenvalue weighted by molar-refractivity contribution is 0.0602. The standard InChI is InChI=1S/C27H24N4O3S/c1-3-7-23-28-22-11-6-10-21(26(32)33-2)24(22)31(23)16-17-12-14-18(15-13-17)19-8-4-5-9-20(19)25-29-27(35)34-30-25/h4-6,8-15H,3,7,16H2,1-2H3,(H,29,30,35). The summed E-state index contributed by atoms with van der Waals surface area (Å²) in [4.78, 5) is 21.7. The van der Waals surface area contributed by atoms with Crippen molar-refractivity contribution in [2.45, 2.75) is 26.3 Å². The lowest BCUT2D eigenvalue weighted by Crippen LogP contribution is -2.09. The van der Waals surface area contributed by atoms with Gasteiger partial charge in [0.15, 0.2) is 5.82 Å². The molecule has 0 atom stereocenters. The molecule has 7 nitrogen and oxygen atoms in total. The van der Waals surface area contributed by atoms with Crippen LogP contribution in [0.1, 0.15) is 35.1 Å². The molecule has 5 rings (SSSR count). The number of aryl methyl sites for hydroxylation is 1. The highest BCUT2D eigenvalue weighted by Crippen LogP contribution is 2.31. The summed E-state index contributed by atoms with van der Waals surface area (Å²) in [6.45, 7) is 2.72. The van der Waals surface area contributed by atoms with Gasteiger partial charge in [-0.15, -0.1) is 0 Å². The van der Waals surface area contributed by atoms with Gasteiger partial charge >= 0.3 is 10.8 Å². The van der Waals surface area contributed by atoms with E-state index in [1.807, 2.05) is 36.4 Å². The van der Waals surface area contributed by atoms with E-state index in [-0.39, 0.29) is 10.8 Å². The molecule has 0 bridgehead atoms. The fraction of sp³-hybridized carbons (Fsp3) is 0.185. The van der Waals surface area contributed by atoms with Crippen molar-refractivity contribution in [2.75, 3.05) is 7.11 Å². The van der Waals surface area contributed by atoms with Gasteiger partial charge in [0.05, 0.1) is 23.7 Å². The van der Waals surface area contributed by atoms with Crippen LogP contribution in [0.15, 0.2) is 71.3 Å². The van der Waals surface area contributed by atoms with Gasteiger partial charge in [-0.25, -0.2) is 14.9 Å². The number of benzene rings is 3. The van der Waals surface area contributed by atoms with Crippen LogP contribution in [0.25, 0.3) is 33.5 Å². The number of imidazole rings is 1. The number of H-pyrrole nitrogens is 1. The maximum atomic E-state index is 12.5. The first kappa shape index (κ1) is 22.7. The van der Waals surface area contributed by atoms with E-state index in [4.69, 9.17) is 26.5 Å². The van der Waals surface area contributed by atoms with Crippen LogP contribution < -0.4 is 0 Å². The SMILES string of the molecule is CCCc1nc2cccc(C(=O)OC)c2n1Cc1ccc(-c2ccccc2-c2nc(=S)o[nH]2)cc1. The Morgan fingerprint density at radius 3 is 2.49 bits per heavy atom. The Balaban J connectivity index is 1.53. The molecule has 0 amide bonds. The number of fused-ring (bicyclic) bond motifs is 1. The number of nitrogens with one attached hydrogen (secondary N) is 1. The van der Waals surface area contributed by atoms with Gasteiger partial charge in [0, 0.05) is 18.5 Å². The number of rotatable bonds is 7. The summed E-state index contributed by atoms with van der Waals surface area (Å²) in [7, 11) is 1.40. The number of para-hydroxylation sites is 1. The number of ether oxygens (including phenoxy) is 1. The summed E-state index contributed by atoms with van der Waals surface area (Å²) in [5, 5.41) is 2.79. The molecule has 0 fully saturated rings. The van der Waals surface area contributed by atoms with Crippen LogP contribution in [0, 0.1) is 4.84 Å². The molecule has 1 N–H and O–H groups in total. The van der Waals surface area contributed by atoms with Gasteiger partial charge in [-0.1, -0.05) is 61.5 Å². The summed E-state index contributed by atoms with van der Waals surface area (Å²) in [5.74, 6) is 1.19. The van der Waals surface area contributed by atoms with Gasteiger partial charge in [-0.2, -0.15) is 4.98 Å². The van der Waals surface area contributed by atoms with E-state index in [1.165, 1.54) is 7.11 Å². The zero-order valence-corrected chi connectivity index (χ0v) is 20.3. The normalized spacial score (nSPS) is 11.1. The maximum Gasteiger partial charge on any atom is 0.340 e. The van der Waals surface area contributed by atoms with Gasteiger partial charge in [0.25, 0.3) is 0 Å². The molecular weight excluding hydrogens is 460 g/mol. The van der Waals surface area contributed by atoms with Crippen LogP contribution in [0.4, 0.5) is 0 Å². The zero-order valence-electron chi connectivity index (χ0n) is 19.4. The van der Waals surface area contributed by atoms with Crippen molar-refractivity contribution >= 4 is 29.2 Å². The molecule has 176 valence electrons. The van der Waals surface area contributed by atoms with E-state index in [1.54, 1.807) is 6.07 Å². The number of aromatic nitrogens is 4. The first-order valence-corrected chi connectivity index (χ1v) is 11.8. The second-order valence-corrected chi connectivity index (χ2v) is 8.55. The van der Waals surface area contributed by atoms with Crippen molar-refractivity contribution < 1.29 is 14.1 Å². The summed E-state index contributed by atoms with van der Waals surface area (Å²) in [6, 6.07) is 21.9. The Morgan fingerprint density at radius 2 is 1.80 bits per heavy atom. The molecule has 8 heteroatoms. The van der Waals surface area contributed by atoms with Gasteiger partial charge in [-0.05, 0) is 47.5 Å². The Labute approximate surface area is 207 Å². The maximum absolute atomic E-state index is 12.5. The number of methoxy groups -OCH3 is 1. The molecule has 0 aliphatic rings. The molecule has 0 radical (unpaired) electrons. The molecule has 0 aliphatic heterocycles. The van der Waals surface area contributed by atoms with Crippen molar-refractivity contribution in [3.63, 3.8) is 0 Å². The quantitative estimate of drug-likeness (QED) is 0.219. The fourth-order valence-corrected chi connectivity index (χ4v) is 4.48. The minimum atomic E-state index is -0.362. The number of hydrogen-bond donors (Lipinski definition) is 1. The van der Waals surface area contributed by atoms with Crippen LogP contribution in [0.2, 0.25) is 0 Å². The van der Waals surface area contributed by atoms with Crippen molar-refractivity contribution in [1.29, 1.82) is 0 Å². The largest absolute Gasteiger partial charge is 0.465 e. The second kappa shape index (κ2) is 9.68. The highest BCUT2D eigenvalue weighted by Gasteiger charge is 2.19. The van der Waals surface area contributed by atoms with Crippen LogP contribution in [-0.2, 0) is 17.7 Å². The molecule has 0 saturated carbocycles. The van der Waals surface area contributed by atoms with Gasteiger partial charge in [0.1, 0.15) is 5.82 Å². The number of aromatic amines is 1. The van der Waals surface area contributed by atoms with Crippen LogP contribution in [0.3, 0.4) is 0 Å². The molecule has 0 unspecified atom stereocenters. The third-order valence-electron chi connectivity index (χ3n) is 5.95. The number of carbonyl (C=O) groups is 1. The summed E-state index contributed by atoms with van der Waals surface area (Å²) in [5.41, 5.74) is 6.20. The summed E-state index contributed by atoms with van der Waals surface area (Å²) < 4.78 is 12.3. The van der Waals surface area contributed by atoms with Crippen LogP contribution >= 0.6 is 12.2 Å². The topological polar surface area (TPSA) is 85.9 Å². The molecule has 2 heterocycles. The van der Waals surface area contributed by atoms with E-state index in [2.05, 4.69) is 45.9 Å². The fourth-order valence-electron chi connectivity index (χ4n) is 4.35. The smallest absolute Gasteiger partial charge is 0.340 e. The van der Waals surface area contributed by atoms with Gasteiger partial charge in [-0.3, -0.25) is 0 Å². The Hall–Kier alpha value is -4.04. The number of nitrogens with zero attached hydrogens (tertiary/aromatic N) is 3. The molecule has 0 saturated heterocycles. The zero-order chi connectivity index (χ0) is 24.4. The van der Waals surface area contributed by atoms with Crippen molar-refractivity contribution in [3.05, 3.63) is 88.5 Å². The third-order valence-corrected chi connectivity index (χ3v) is 6.13. The number of carbonyl (C=O) groups excluding carboxylic acids is 1. The van der Waals surface area contributed by atoms with Crippen molar-refractivity contribution in [2.24, 2.45) is 0 Å². The molecular formula is C27H24N4O3S. The molecule has 0 aliphatic carbocycles. The van der Waals surface area contributed by atoms with Crippen molar-refractivity contribution in [3.8, 4) is 22.5 Å². The lowest BCUT2D eigenvalue weighted by atomic mass is 9.98. The van der Waals surface area contributed by atoms with Gasteiger partial charge in [0.2, 0.25) is 0 Å². The van der Waals surface area contributed by atoms with Crippen molar-refractivity contribution in [1.82, 2.24) is 19.7 Å². The Morgan fingerprint density at radius 1 is 1.03 bits per heavy atom. The summed E-state index contributed by atoms with van der Waals surface area (Å²) >= 11 is 5.01. The van der Waals surface area contributed by atoms with E-state index >= 15 is 0 Å². The second-order valence-electron chi connectivity index (χ2n) is 8.20. The van der Waals surface area contributed by atoms with E-state index in [9.17, 15) is 4.79 Å². The monoisotopic (exact) mass is 484 g/mol. The molecule has 5 aromatic rings. The van der Waals surface area contributed by atoms with E-state index < -0.39 is 0 Å². The third kappa shape index (κ3) is 4.40. The first-order chi connectivity index (χ1) is 17.1. The highest BCUT2D eigenvalue weighted by molar-refractivity contribution is 7.71. The molecule has 35 heavy (non-hydrogen) atoms. The Bertz CT molecular complexity index is 1560. The number of hydrogen-bond acceptors (Lipinski definition) is 6. The molecule has 3 aromatic carbocycles. The average Bonchev–Trinajstić information content (AvgIpc) is 3.47. The predicted octanol–water partition coefficient (Wildman–Crippen LogP) is 6.20. The Kier molecular flexibility index (Phi) is 6.29. The average molecular weight is 485 g/mol.